The number of aliphatic hydroxyl groups is 1. The van der Waals surface area contributed by atoms with Crippen LogP contribution < -0.4 is 5.32 Å². The maximum absolute atomic E-state index is 12.2. The molecular formula is C14H19N3O2S. The summed E-state index contributed by atoms with van der Waals surface area (Å²) in [6.07, 6.45) is 1.64. The number of aliphatic hydroxyl groups excluding tert-OH is 1. The molecule has 0 fully saturated rings. The summed E-state index contributed by atoms with van der Waals surface area (Å²) in [6.45, 7) is 4.03. The minimum atomic E-state index is -0.445. The van der Waals surface area contributed by atoms with E-state index >= 15 is 0 Å². The van der Waals surface area contributed by atoms with E-state index in [2.05, 4.69) is 24.3 Å². The highest BCUT2D eigenvalue weighted by atomic mass is 32.1. The molecule has 2 rings (SSSR count). The molecule has 0 bridgehead atoms. The minimum Gasteiger partial charge on any atom is -0.394 e. The van der Waals surface area contributed by atoms with E-state index in [-0.39, 0.29) is 12.5 Å². The molecule has 0 aliphatic carbocycles. The topological polar surface area (TPSA) is 67.2 Å². The number of carbonyl (C=O) groups excluding carboxylic acids is 1. The van der Waals surface area contributed by atoms with Gasteiger partial charge in [-0.1, -0.05) is 13.8 Å². The molecule has 2 heterocycles. The molecule has 2 aromatic heterocycles. The zero-order valence-electron chi connectivity index (χ0n) is 11.8. The van der Waals surface area contributed by atoms with Crippen molar-refractivity contribution in [2.75, 3.05) is 6.61 Å². The van der Waals surface area contributed by atoms with Crippen molar-refractivity contribution in [3.8, 4) is 0 Å². The third-order valence-corrected chi connectivity index (χ3v) is 4.51. The Bertz CT molecular complexity index is 589. The molecule has 1 atom stereocenters. The lowest BCUT2D eigenvalue weighted by Crippen LogP contribution is -2.31. The van der Waals surface area contributed by atoms with E-state index in [4.69, 9.17) is 0 Å². The quantitative estimate of drug-likeness (QED) is 0.887. The predicted octanol–water partition coefficient (Wildman–Crippen LogP) is 2.07. The second-order valence-corrected chi connectivity index (χ2v) is 6.06. The predicted molar refractivity (Wildman–Crippen MR) is 78.9 cm³/mol. The molecular weight excluding hydrogens is 274 g/mol. The van der Waals surface area contributed by atoms with Crippen molar-refractivity contribution in [1.29, 1.82) is 0 Å². The molecule has 108 valence electrons. The summed E-state index contributed by atoms with van der Waals surface area (Å²) < 4.78 is 1.65. The van der Waals surface area contributed by atoms with Crippen molar-refractivity contribution >= 4 is 17.2 Å². The fraction of sp³-hybridized carbons (Fsp3) is 0.429. The molecule has 0 aromatic carbocycles. The Morgan fingerprint density at radius 1 is 1.45 bits per heavy atom. The first-order valence-corrected chi connectivity index (χ1v) is 7.34. The van der Waals surface area contributed by atoms with Crippen LogP contribution in [0, 0.1) is 0 Å². The van der Waals surface area contributed by atoms with Crippen molar-refractivity contribution in [2.24, 2.45) is 7.05 Å². The highest BCUT2D eigenvalue weighted by Crippen LogP contribution is 2.24. The number of nitrogens with one attached hydrogen (secondary N) is 1. The highest BCUT2D eigenvalue weighted by molar-refractivity contribution is 7.14. The van der Waals surface area contributed by atoms with Crippen molar-refractivity contribution in [3.05, 3.63) is 39.8 Å². The SMILES string of the molecule is CC(C)c1ccc(C(=O)N[C@@H](CO)c2ccnn2C)s1. The van der Waals surface area contributed by atoms with E-state index in [1.807, 2.05) is 12.1 Å². The van der Waals surface area contributed by atoms with Crippen LogP contribution in [0.1, 0.15) is 46.0 Å². The van der Waals surface area contributed by atoms with Gasteiger partial charge in [-0.05, 0) is 24.1 Å². The molecule has 0 saturated carbocycles. The van der Waals surface area contributed by atoms with Crippen LogP contribution in [0.25, 0.3) is 0 Å². The molecule has 0 saturated heterocycles. The molecule has 0 aliphatic heterocycles. The maximum Gasteiger partial charge on any atom is 0.261 e. The van der Waals surface area contributed by atoms with Crippen LogP contribution in [0.2, 0.25) is 0 Å². The minimum absolute atomic E-state index is 0.159. The van der Waals surface area contributed by atoms with Gasteiger partial charge >= 0.3 is 0 Å². The monoisotopic (exact) mass is 293 g/mol. The maximum atomic E-state index is 12.2. The van der Waals surface area contributed by atoms with Gasteiger partial charge in [0.25, 0.3) is 5.91 Å². The van der Waals surface area contributed by atoms with Gasteiger partial charge in [0.1, 0.15) is 0 Å². The zero-order valence-corrected chi connectivity index (χ0v) is 12.6. The van der Waals surface area contributed by atoms with Crippen LogP contribution in [0.5, 0.6) is 0 Å². The van der Waals surface area contributed by atoms with Gasteiger partial charge in [0.15, 0.2) is 0 Å². The molecule has 0 unspecified atom stereocenters. The van der Waals surface area contributed by atoms with Crippen LogP contribution in [0.15, 0.2) is 24.4 Å². The number of aryl methyl sites for hydroxylation is 1. The number of nitrogens with zero attached hydrogens (tertiary/aromatic N) is 2. The van der Waals surface area contributed by atoms with Gasteiger partial charge < -0.3 is 10.4 Å². The number of carbonyl (C=O) groups is 1. The summed E-state index contributed by atoms with van der Waals surface area (Å²) in [6, 6.07) is 5.14. The van der Waals surface area contributed by atoms with Gasteiger partial charge in [0.05, 0.1) is 23.2 Å². The number of hydrogen-bond donors (Lipinski definition) is 2. The molecule has 0 aliphatic rings. The van der Waals surface area contributed by atoms with E-state index in [1.165, 1.54) is 16.2 Å². The normalized spacial score (nSPS) is 12.7. The molecule has 5 nitrogen and oxygen atoms in total. The largest absolute Gasteiger partial charge is 0.394 e. The van der Waals surface area contributed by atoms with E-state index in [0.29, 0.717) is 10.8 Å². The summed E-state index contributed by atoms with van der Waals surface area (Å²) in [5, 5.41) is 16.3. The second kappa shape index (κ2) is 6.19. The Morgan fingerprint density at radius 2 is 2.20 bits per heavy atom. The third-order valence-electron chi connectivity index (χ3n) is 3.12. The van der Waals surface area contributed by atoms with Gasteiger partial charge in [-0.15, -0.1) is 11.3 Å². The van der Waals surface area contributed by atoms with E-state index < -0.39 is 6.04 Å². The summed E-state index contributed by atoms with van der Waals surface area (Å²) in [7, 11) is 1.78. The van der Waals surface area contributed by atoms with Crippen LogP contribution in [0.4, 0.5) is 0 Å². The number of hydrogen-bond acceptors (Lipinski definition) is 4. The summed E-state index contributed by atoms with van der Waals surface area (Å²) >= 11 is 1.49. The molecule has 2 N–H and O–H groups in total. The second-order valence-electron chi connectivity index (χ2n) is 4.95. The van der Waals surface area contributed by atoms with Crippen LogP contribution in [-0.2, 0) is 7.05 Å². The molecule has 2 aromatic rings. The molecule has 20 heavy (non-hydrogen) atoms. The first kappa shape index (κ1) is 14.7. The Balaban J connectivity index is 2.11. The average Bonchev–Trinajstić information content (AvgIpc) is 3.04. The number of thiophene rings is 1. The lowest BCUT2D eigenvalue weighted by Gasteiger charge is -2.16. The molecule has 0 radical (unpaired) electrons. The van der Waals surface area contributed by atoms with Crippen LogP contribution >= 0.6 is 11.3 Å². The van der Waals surface area contributed by atoms with Gasteiger partial charge in [-0.25, -0.2) is 0 Å². The first-order valence-electron chi connectivity index (χ1n) is 6.52. The first-order chi connectivity index (χ1) is 9.52. The highest BCUT2D eigenvalue weighted by Gasteiger charge is 2.19. The van der Waals surface area contributed by atoms with Crippen LogP contribution in [-0.4, -0.2) is 27.4 Å². The van der Waals surface area contributed by atoms with Crippen molar-refractivity contribution in [1.82, 2.24) is 15.1 Å². The fourth-order valence-corrected chi connectivity index (χ4v) is 2.87. The van der Waals surface area contributed by atoms with Gasteiger partial charge in [0.2, 0.25) is 0 Å². The Kier molecular flexibility index (Phi) is 4.57. The number of aromatic nitrogens is 2. The van der Waals surface area contributed by atoms with Gasteiger partial charge in [-0.3, -0.25) is 9.48 Å². The lowest BCUT2D eigenvalue weighted by atomic mass is 10.2. The van der Waals surface area contributed by atoms with Gasteiger partial charge in [-0.2, -0.15) is 5.10 Å². The average molecular weight is 293 g/mol. The zero-order chi connectivity index (χ0) is 14.7. The van der Waals surface area contributed by atoms with E-state index in [1.54, 1.807) is 24.0 Å². The standard InChI is InChI=1S/C14H19N3O2S/c1-9(2)12-4-5-13(20-12)14(19)16-10(8-18)11-6-7-15-17(11)3/h4-7,9-10,18H,8H2,1-3H3,(H,16,19)/t10-/m0/s1. The molecule has 0 spiro atoms. The van der Waals surface area contributed by atoms with E-state index in [9.17, 15) is 9.90 Å². The molecule has 6 heteroatoms. The van der Waals surface area contributed by atoms with Crippen LogP contribution in [0.3, 0.4) is 0 Å². The fourth-order valence-electron chi connectivity index (χ4n) is 1.95. The smallest absolute Gasteiger partial charge is 0.261 e. The van der Waals surface area contributed by atoms with Crippen molar-refractivity contribution < 1.29 is 9.90 Å². The summed E-state index contributed by atoms with van der Waals surface area (Å²) in [4.78, 5) is 14.1. The Labute approximate surface area is 122 Å². The Morgan fingerprint density at radius 3 is 2.70 bits per heavy atom. The lowest BCUT2D eigenvalue weighted by molar-refractivity contribution is 0.0917. The third kappa shape index (κ3) is 3.08. The summed E-state index contributed by atoms with van der Waals surface area (Å²) in [5.74, 6) is 0.245. The molecule has 1 amide bonds. The Hall–Kier alpha value is -1.66. The van der Waals surface area contributed by atoms with Crippen molar-refractivity contribution in [3.63, 3.8) is 0 Å². The van der Waals surface area contributed by atoms with Gasteiger partial charge in [0, 0.05) is 18.1 Å². The van der Waals surface area contributed by atoms with E-state index in [0.717, 1.165) is 5.69 Å². The number of amides is 1. The summed E-state index contributed by atoms with van der Waals surface area (Å²) in [5.41, 5.74) is 0.779. The van der Waals surface area contributed by atoms with Crippen molar-refractivity contribution in [2.45, 2.75) is 25.8 Å². The number of rotatable bonds is 5.